The van der Waals surface area contributed by atoms with Gasteiger partial charge in [-0.3, -0.25) is 0 Å². The van der Waals surface area contributed by atoms with Crippen LogP contribution in [0, 0.1) is 0 Å². The number of esters is 1. The lowest BCUT2D eigenvalue weighted by Gasteiger charge is -1.98. The van der Waals surface area contributed by atoms with Gasteiger partial charge in [0.1, 0.15) is 5.65 Å². The van der Waals surface area contributed by atoms with Gasteiger partial charge in [0.25, 0.3) is 0 Å². The average Bonchev–Trinajstić information content (AvgIpc) is 2.69. The molecule has 0 bridgehead atoms. The molecular weight excluding hydrogens is 206 g/mol. The molecule has 0 saturated heterocycles. The summed E-state index contributed by atoms with van der Waals surface area (Å²) in [6.07, 6.45) is 3.72. The Bertz CT molecular complexity index is 519. The molecule has 0 fully saturated rings. The minimum absolute atomic E-state index is 0.347. The van der Waals surface area contributed by atoms with Crippen molar-refractivity contribution in [2.24, 2.45) is 0 Å². The van der Waals surface area contributed by atoms with Crippen molar-refractivity contribution in [3.8, 4) is 0 Å². The fourth-order valence-corrected chi connectivity index (χ4v) is 1.55. The number of methoxy groups -OCH3 is 1. The highest BCUT2D eigenvalue weighted by Gasteiger charge is 2.07. The molecule has 1 N–H and O–H groups in total. The van der Waals surface area contributed by atoms with Gasteiger partial charge in [0.05, 0.1) is 18.4 Å². The molecule has 2 rings (SSSR count). The van der Waals surface area contributed by atoms with E-state index in [1.807, 2.05) is 17.6 Å². The smallest absolute Gasteiger partial charge is 0.338 e. The van der Waals surface area contributed by atoms with E-state index in [1.165, 1.54) is 7.11 Å². The number of ether oxygens (including phenoxy) is 1. The van der Waals surface area contributed by atoms with Gasteiger partial charge in [-0.1, -0.05) is 0 Å². The second-order valence-electron chi connectivity index (χ2n) is 3.44. The Hall–Kier alpha value is -1.88. The fraction of sp³-hybridized carbons (Fsp3) is 0.273. The number of nitrogens with zero attached hydrogens (tertiary/aromatic N) is 2. The van der Waals surface area contributed by atoms with E-state index in [1.54, 1.807) is 18.3 Å². The van der Waals surface area contributed by atoms with Gasteiger partial charge in [0, 0.05) is 18.9 Å². The number of pyridine rings is 1. The zero-order valence-corrected chi connectivity index (χ0v) is 9.23. The van der Waals surface area contributed by atoms with E-state index in [-0.39, 0.29) is 5.97 Å². The third-order valence-corrected chi connectivity index (χ3v) is 2.29. The highest BCUT2D eigenvalue weighted by atomic mass is 16.5. The Kier molecular flexibility index (Phi) is 2.87. The normalized spacial score (nSPS) is 10.6. The van der Waals surface area contributed by atoms with Gasteiger partial charge in [-0.2, -0.15) is 0 Å². The van der Waals surface area contributed by atoms with Crippen molar-refractivity contribution in [3.63, 3.8) is 0 Å². The fourth-order valence-electron chi connectivity index (χ4n) is 1.55. The molecule has 0 spiro atoms. The molecule has 0 unspecified atom stereocenters. The maximum Gasteiger partial charge on any atom is 0.338 e. The summed E-state index contributed by atoms with van der Waals surface area (Å²) < 4.78 is 6.53. The predicted molar refractivity (Wildman–Crippen MR) is 59.3 cm³/mol. The summed E-state index contributed by atoms with van der Waals surface area (Å²) >= 11 is 0. The quantitative estimate of drug-likeness (QED) is 0.777. The molecule has 16 heavy (non-hydrogen) atoms. The van der Waals surface area contributed by atoms with Crippen LogP contribution in [-0.4, -0.2) is 29.5 Å². The number of carbonyl (C=O) groups is 1. The Labute approximate surface area is 93.1 Å². The summed E-state index contributed by atoms with van der Waals surface area (Å²) in [5.74, 6) is -0.347. The van der Waals surface area contributed by atoms with Crippen LogP contribution in [0.15, 0.2) is 24.5 Å². The highest BCUT2D eigenvalue weighted by Crippen LogP contribution is 2.09. The molecule has 2 aromatic heterocycles. The van der Waals surface area contributed by atoms with E-state index in [9.17, 15) is 4.79 Å². The lowest BCUT2D eigenvalue weighted by molar-refractivity contribution is 0.0600. The molecule has 84 valence electrons. The van der Waals surface area contributed by atoms with Gasteiger partial charge in [0.2, 0.25) is 0 Å². The van der Waals surface area contributed by atoms with Crippen molar-refractivity contribution in [2.45, 2.75) is 6.54 Å². The van der Waals surface area contributed by atoms with Crippen LogP contribution < -0.4 is 5.32 Å². The molecule has 0 saturated carbocycles. The topological polar surface area (TPSA) is 55.6 Å². The second-order valence-corrected chi connectivity index (χ2v) is 3.44. The minimum Gasteiger partial charge on any atom is -0.465 e. The maximum atomic E-state index is 11.3. The number of aromatic nitrogens is 2. The number of carbonyl (C=O) groups excluding carboxylic acids is 1. The van der Waals surface area contributed by atoms with Gasteiger partial charge in [-0.15, -0.1) is 0 Å². The zero-order chi connectivity index (χ0) is 11.5. The molecule has 0 aromatic carbocycles. The SMILES string of the molecule is CNCc1cn2ccc(C(=O)OC)cc2n1. The summed E-state index contributed by atoms with van der Waals surface area (Å²) in [5.41, 5.74) is 2.19. The number of rotatable bonds is 3. The van der Waals surface area contributed by atoms with E-state index >= 15 is 0 Å². The largest absolute Gasteiger partial charge is 0.465 e. The first-order chi connectivity index (χ1) is 7.74. The van der Waals surface area contributed by atoms with Crippen LogP contribution in [0.1, 0.15) is 16.1 Å². The maximum absolute atomic E-state index is 11.3. The molecule has 2 aromatic rings. The first-order valence-electron chi connectivity index (χ1n) is 4.95. The van der Waals surface area contributed by atoms with Gasteiger partial charge in [-0.25, -0.2) is 9.78 Å². The molecule has 0 aliphatic rings. The Balaban J connectivity index is 2.41. The number of hydrogen-bond acceptors (Lipinski definition) is 4. The molecule has 0 aliphatic heterocycles. The Morgan fingerprint density at radius 3 is 3.12 bits per heavy atom. The zero-order valence-electron chi connectivity index (χ0n) is 9.23. The molecule has 2 heterocycles. The van der Waals surface area contributed by atoms with Crippen molar-refractivity contribution in [1.29, 1.82) is 0 Å². The van der Waals surface area contributed by atoms with Crippen LogP contribution in [-0.2, 0) is 11.3 Å². The predicted octanol–water partition coefficient (Wildman–Crippen LogP) is 0.840. The van der Waals surface area contributed by atoms with Crippen LogP contribution in [0.3, 0.4) is 0 Å². The molecule has 0 radical (unpaired) electrons. The third kappa shape index (κ3) is 1.90. The molecule has 5 heteroatoms. The summed E-state index contributed by atoms with van der Waals surface area (Å²) in [7, 11) is 3.23. The monoisotopic (exact) mass is 219 g/mol. The highest BCUT2D eigenvalue weighted by molar-refractivity contribution is 5.90. The second kappa shape index (κ2) is 4.32. The van der Waals surface area contributed by atoms with E-state index < -0.39 is 0 Å². The van der Waals surface area contributed by atoms with Crippen LogP contribution in [0.4, 0.5) is 0 Å². The van der Waals surface area contributed by atoms with Crippen LogP contribution in [0.25, 0.3) is 5.65 Å². The summed E-state index contributed by atoms with van der Waals surface area (Å²) in [6, 6.07) is 3.43. The van der Waals surface area contributed by atoms with Crippen molar-refractivity contribution in [1.82, 2.24) is 14.7 Å². The number of nitrogens with one attached hydrogen (secondary N) is 1. The summed E-state index contributed by atoms with van der Waals surface area (Å²) in [5, 5.41) is 3.03. The van der Waals surface area contributed by atoms with Gasteiger partial charge >= 0.3 is 5.97 Å². The van der Waals surface area contributed by atoms with Gasteiger partial charge in [0.15, 0.2) is 0 Å². The van der Waals surface area contributed by atoms with Crippen molar-refractivity contribution in [3.05, 3.63) is 35.8 Å². The van der Waals surface area contributed by atoms with Crippen molar-refractivity contribution < 1.29 is 9.53 Å². The lowest BCUT2D eigenvalue weighted by atomic mass is 10.3. The summed E-state index contributed by atoms with van der Waals surface area (Å²) in [4.78, 5) is 15.7. The van der Waals surface area contributed by atoms with E-state index in [0.717, 1.165) is 11.3 Å². The van der Waals surface area contributed by atoms with Gasteiger partial charge in [-0.05, 0) is 19.2 Å². The Morgan fingerprint density at radius 1 is 1.62 bits per heavy atom. The molecular formula is C11H13N3O2. The molecule has 0 aliphatic carbocycles. The third-order valence-electron chi connectivity index (χ3n) is 2.29. The first-order valence-corrected chi connectivity index (χ1v) is 4.95. The number of imidazole rings is 1. The standard InChI is InChI=1S/C11H13N3O2/c1-12-6-9-7-14-4-3-8(11(15)16-2)5-10(14)13-9/h3-5,7,12H,6H2,1-2H3. The van der Waals surface area contributed by atoms with E-state index in [2.05, 4.69) is 15.0 Å². The van der Waals surface area contributed by atoms with Gasteiger partial charge < -0.3 is 14.5 Å². The molecule has 0 amide bonds. The average molecular weight is 219 g/mol. The first kappa shape index (κ1) is 10.6. The van der Waals surface area contributed by atoms with E-state index in [0.29, 0.717) is 12.1 Å². The number of fused-ring (bicyclic) bond motifs is 1. The van der Waals surface area contributed by atoms with Crippen LogP contribution in [0.2, 0.25) is 0 Å². The van der Waals surface area contributed by atoms with Crippen LogP contribution >= 0.6 is 0 Å². The Morgan fingerprint density at radius 2 is 2.44 bits per heavy atom. The van der Waals surface area contributed by atoms with Crippen molar-refractivity contribution >= 4 is 11.6 Å². The lowest BCUT2D eigenvalue weighted by Crippen LogP contribution is -2.04. The summed E-state index contributed by atoms with van der Waals surface area (Å²) in [6.45, 7) is 0.704. The van der Waals surface area contributed by atoms with Crippen LogP contribution in [0.5, 0.6) is 0 Å². The minimum atomic E-state index is -0.347. The van der Waals surface area contributed by atoms with E-state index in [4.69, 9.17) is 0 Å². The molecule has 5 nitrogen and oxygen atoms in total. The number of hydrogen-bond donors (Lipinski definition) is 1. The van der Waals surface area contributed by atoms with Crippen molar-refractivity contribution in [2.75, 3.05) is 14.2 Å². The molecule has 0 atom stereocenters.